The summed E-state index contributed by atoms with van der Waals surface area (Å²) in [5.74, 6) is -13.5. The molecular formula is C35H29F9O4. The number of rotatable bonds is 12. The van der Waals surface area contributed by atoms with Gasteiger partial charge in [-0.3, -0.25) is 0 Å². The maximum Gasteiger partial charge on any atom is 0.432 e. The molecule has 0 unspecified atom stereocenters. The van der Waals surface area contributed by atoms with E-state index in [1.165, 1.54) is 12.1 Å². The lowest BCUT2D eigenvalue weighted by molar-refractivity contribution is -0.206. The third kappa shape index (κ3) is 8.07. The molecule has 1 fully saturated rings. The molecule has 0 amide bonds. The van der Waals surface area contributed by atoms with Crippen molar-refractivity contribution in [2.75, 3.05) is 13.2 Å². The number of alkyl halides is 2. The van der Waals surface area contributed by atoms with Crippen molar-refractivity contribution in [3.63, 3.8) is 0 Å². The topological polar surface area (TPSA) is 36.9 Å². The molecule has 1 saturated heterocycles. The predicted octanol–water partition coefficient (Wildman–Crippen LogP) is 10.3. The highest BCUT2D eigenvalue weighted by atomic mass is 19.3. The van der Waals surface area contributed by atoms with E-state index in [1.807, 2.05) is 0 Å². The van der Waals surface area contributed by atoms with Gasteiger partial charge in [-0.05, 0) is 47.4 Å². The molecule has 4 nitrogen and oxygen atoms in total. The van der Waals surface area contributed by atoms with E-state index in [0.29, 0.717) is 54.5 Å². The number of hydrogen-bond acceptors (Lipinski definition) is 4. The van der Waals surface area contributed by atoms with Crippen molar-refractivity contribution >= 4 is 0 Å². The first-order chi connectivity index (χ1) is 22.9. The Kier molecular flexibility index (Phi) is 10.9. The normalized spacial score (nSPS) is 16.6. The molecule has 5 rings (SSSR count). The summed E-state index contributed by atoms with van der Waals surface area (Å²) in [6, 6.07) is 9.22. The van der Waals surface area contributed by atoms with Crippen LogP contribution >= 0.6 is 0 Å². The number of unbranched alkanes of at least 4 members (excludes halogenated alkanes) is 2. The largest absolute Gasteiger partial charge is 0.483 e. The van der Waals surface area contributed by atoms with Gasteiger partial charge in [0.2, 0.25) is 0 Å². The van der Waals surface area contributed by atoms with Crippen LogP contribution in [-0.4, -0.2) is 13.2 Å². The standard InChI is InChI=1S/C35H29F9O4/c1-2-3-4-5-19-16-46-34(47-17-19)22-8-6-21(7-9-22)23-12-25(36)31(26(37)13-23)35(43,44)48-24-14-29(40)33(30(41)15-24)45-18-20-10-27(38)32(42)28(39)11-20/h6-15,19,34H,2-5,16-18H2,1H3. The molecule has 0 spiro atoms. The van der Waals surface area contributed by atoms with Gasteiger partial charge in [0.1, 0.15) is 29.6 Å². The molecule has 0 bridgehead atoms. The lowest BCUT2D eigenvalue weighted by Gasteiger charge is -2.29. The molecule has 0 radical (unpaired) electrons. The number of ether oxygens (including phenoxy) is 4. The smallest absolute Gasteiger partial charge is 0.432 e. The van der Waals surface area contributed by atoms with Crippen molar-refractivity contribution in [2.24, 2.45) is 5.92 Å². The minimum absolute atomic E-state index is 0.0722. The van der Waals surface area contributed by atoms with Gasteiger partial charge in [0, 0.05) is 23.6 Å². The Labute approximate surface area is 270 Å². The van der Waals surface area contributed by atoms with E-state index in [1.54, 1.807) is 12.1 Å². The van der Waals surface area contributed by atoms with E-state index in [2.05, 4.69) is 11.7 Å². The van der Waals surface area contributed by atoms with Gasteiger partial charge < -0.3 is 18.9 Å². The fourth-order valence-electron chi connectivity index (χ4n) is 5.22. The summed E-state index contributed by atoms with van der Waals surface area (Å²) in [6.07, 6.45) is -1.01. The molecule has 4 aromatic carbocycles. The Bertz CT molecular complexity index is 1670. The highest BCUT2D eigenvalue weighted by Gasteiger charge is 2.41. The number of hydrogen-bond donors (Lipinski definition) is 0. The maximum atomic E-state index is 15.0. The molecule has 0 saturated carbocycles. The van der Waals surface area contributed by atoms with Crippen LogP contribution in [0.5, 0.6) is 11.5 Å². The molecule has 1 aliphatic rings. The van der Waals surface area contributed by atoms with E-state index in [4.69, 9.17) is 14.2 Å². The minimum atomic E-state index is -4.73. The molecule has 256 valence electrons. The lowest BCUT2D eigenvalue weighted by atomic mass is 10.00. The second-order valence-electron chi connectivity index (χ2n) is 11.3. The van der Waals surface area contributed by atoms with Gasteiger partial charge >= 0.3 is 6.11 Å². The summed E-state index contributed by atoms with van der Waals surface area (Å²) in [6.45, 7) is 2.36. The summed E-state index contributed by atoms with van der Waals surface area (Å²) < 4.78 is 150. The average Bonchev–Trinajstić information content (AvgIpc) is 3.03. The van der Waals surface area contributed by atoms with Crippen LogP contribution in [0.4, 0.5) is 39.5 Å². The average molecular weight is 685 g/mol. The molecule has 1 aliphatic heterocycles. The molecule has 0 aliphatic carbocycles. The fraction of sp³-hybridized carbons (Fsp3) is 0.314. The first kappa shape index (κ1) is 35.1. The number of benzene rings is 4. The van der Waals surface area contributed by atoms with Crippen LogP contribution in [0.1, 0.15) is 55.6 Å². The molecule has 0 N–H and O–H groups in total. The molecule has 4 aromatic rings. The zero-order chi connectivity index (χ0) is 34.6. The van der Waals surface area contributed by atoms with Crippen molar-refractivity contribution in [1.29, 1.82) is 0 Å². The van der Waals surface area contributed by atoms with Gasteiger partial charge in [-0.2, -0.15) is 8.78 Å². The van der Waals surface area contributed by atoms with Crippen LogP contribution < -0.4 is 9.47 Å². The predicted molar refractivity (Wildman–Crippen MR) is 156 cm³/mol. The van der Waals surface area contributed by atoms with Crippen LogP contribution in [-0.2, 0) is 22.2 Å². The van der Waals surface area contributed by atoms with Crippen molar-refractivity contribution in [3.8, 4) is 22.6 Å². The zero-order valence-corrected chi connectivity index (χ0v) is 25.4. The first-order valence-electron chi connectivity index (χ1n) is 15.0. The van der Waals surface area contributed by atoms with Crippen molar-refractivity contribution in [3.05, 3.63) is 118 Å². The second kappa shape index (κ2) is 14.9. The highest BCUT2D eigenvalue weighted by molar-refractivity contribution is 5.64. The van der Waals surface area contributed by atoms with Crippen LogP contribution in [0.15, 0.2) is 60.7 Å². The maximum absolute atomic E-state index is 15.0. The van der Waals surface area contributed by atoms with Crippen LogP contribution in [0.25, 0.3) is 11.1 Å². The molecule has 48 heavy (non-hydrogen) atoms. The fourth-order valence-corrected chi connectivity index (χ4v) is 5.22. The third-order valence-electron chi connectivity index (χ3n) is 7.68. The van der Waals surface area contributed by atoms with Crippen LogP contribution in [0.3, 0.4) is 0 Å². The second-order valence-corrected chi connectivity index (χ2v) is 11.3. The van der Waals surface area contributed by atoms with Crippen molar-refractivity contribution < 1.29 is 58.5 Å². The van der Waals surface area contributed by atoms with E-state index < -0.39 is 76.8 Å². The van der Waals surface area contributed by atoms with Crippen LogP contribution in [0.2, 0.25) is 0 Å². The number of halogens is 9. The van der Waals surface area contributed by atoms with Gasteiger partial charge in [0.05, 0.1) is 13.2 Å². The van der Waals surface area contributed by atoms with E-state index in [0.717, 1.165) is 25.7 Å². The third-order valence-corrected chi connectivity index (χ3v) is 7.68. The molecule has 13 heteroatoms. The molecule has 1 heterocycles. The van der Waals surface area contributed by atoms with Crippen molar-refractivity contribution in [1.82, 2.24) is 0 Å². The Morgan fingerprint density at radius 3 is 1.85 bits per heavy atom. The molecule has 0 aromatic heterocycles. The summed E-state index contributed by atoms with van der Waals surface area (Å²) in [7, 11) is 0. The highest BCUT2D eigenvalue weighted by Crippen LogP contribution is 2.39. The molecule has 0 atom stereocenters. The van der Waals surface area contributed by atoms with E-state index in [-0.39, 0.29) is 23.3 Å². The Balaban J connectivity index is 1.25. The van der Waals surface area contributed by atoms with Gasteiger partial charge in [0.25, 0.3) is 0 Å². The summed E-state index contributed by atoms with van der Waals surface area (Å²) in [5, 5.41) is 0. The van der Waals surface area contributed by atoms with Gasteiger partial charge in [-0.1, -0.05) is 50.5 Å². The quantitative estimate of drug-likeness (QED) is 0.0846. The van der Waals surface area contributed by atoms with Gasteiger partial charge in [0.15, 0.2) is 41.1 Å². The Hall–Kier alpha value is -4.23. The Morgan fingerprint density at radius 2 is 1.29 bits per heavy atom. The van der Waals surface area contributed by atoms with Gasteiger partial charge in [-0.15, -0.1) is 0 Å². The monoisotopic (exact) mass is 684 g/mol. The summed E-state index contributed by atoms with van der Waals surface area (Å²) >= 11 is 0. The first-order valence-corrected chi connectivity index (χ1v) is 15.0. The minimum Gasteiger partial charge on any atom is -0.483 e. The molecular weight excluding hydrogens is 655 g/mol. The lowest BCUT2D eigenvalue weighted by Crippen LogP contribution is -2.27. The zero-order valence-electron chi connectivity index (χ0n) is 25.4. The summed E-state index contributed by atoms with van der Waals surface area (Å²) in [4.78, 5) is 0. The SMILES string of the molecule is CCCCCC1COC(c2ccc(-c3cc(F)c(C(F)(F)Oc4cc(F)c(OCc5cc(F)c(F)c(F)c5)c(F)c4)c(F)c3)cc2)OC1. The Morgan fingerprint density at radius 1 is 0.708 bits per heavy atom. The van der Waals surface area contributed by atoms with Gasteiger partial charge in [-0.25, -0.2) is 30.7 Å². The van der Waals surface area contributed by atoms with E-state index >= 15 is 8.78 Å². The summed E-state index contributed by atoms with van der Waals surface area (Å²) in [5.41, 5.74) is -1.25. The van der Waals surface area contributed by atoms with E-state index in [9.17, 15) is 30.7 Å². The van der Waals surface area contributed by atoms with Crippen LogP contribution in [0, 0.1) is 46.6 Å². The van der Waals surface area contributed by atoms with Crippen molar-refractivity contribution in [2.45, 2.75) is 51.6 Å².